The van der Waals surface area contributed by atoms with E-state index in [0.717, 1.165) is 38.6 Å². The van der Waals surface area contributed by atoms with E-state index in [0.29, 0.717) is 11.7 Å². The van der Waals surface area contributed by atoms with E-state index in [2.05, 4.69) is 67.8 Å². The van der Waals surface area contributed by atoms with E-state index in [1.54, 1.807) is 0 Å². The molecule has 2 atom stereocenters. The van der Waals surface area contributed by atoms with Crippen LogP contribution in [0.5, 0.6) is 0 Å². The van der Waals surface area contributed by atoms with Crippen LogP contribution in [-0.4, -0.2) is 24.4 Å². The Kier molecular flexibility index (Phi) is 31.9. The minimum absolute atomic E-state index is 0.00867. The maximum absolute atomic E-state index is 12.8. The van der Waals surface area contributed by atoms with Crippen molar-refractivity contribution in [3.05, 3.63) is 48.6 Å². The summed E-state index contributed by atoms with van der Waals surface area (Å²) in [5.74, 6) is 1.11. The van der Waals surface area contributed by atoms with Crippen molar-refractivity contribution in [1.29, 1.82) is 0 Å². The van der Waals surface area contributed by atoms with Crippen molar-refractivity contribution in [2.24, 2.45) is 11.7 Å². The van der Waals surface area contributed by atoms with Gasteiger partial charge in [-0.1, -0.05) is 165 Å². The molecule has 0 aromatic heterocycles. The summed E-state index contributed by atoms with van der Waals surface area (Å²) in [5, 5.41) is 3.34. The van der Waals surface area contributed by atoms with Gasteiger partial charge in [0.05, 0.1) is 6.04 Å². The minimum atomic E-state index is 0.00867. The molecular formula is C44H80N2O. The predicted octanol–water partition coefficient (Wildman–Crippen LogP) is 13.0. The van der Waals surface area contributed by atoms with E-state index in [1.165, 1.54) is 154 Å². The molecule has 1 aliphatic rings. The topological polar surface area (TPSA) is 55.1 Å². The largest absolute Gasteiger partial charge is 0.326 e. The van der Waals surface area contributed by atoms with E-state index >= 15 is 0 Å². The smallest absolute Gasteiger partial charge is 0.149 e. The molecule has 0 bridgehead atoms. The Labute approximate surface area is 294 Å². The van der Waals surface area contributed by atoms with Gasteiger partial charge in [-0.15, -0.1) is 0 Å². The first-order chi connectivity index (χ1) is 23.2. The molecule has 0 aliphatic carbocycles. The van der Waals surface area contributed by atoms with Gasteiger partial charge in [-0.25, -0.2) is 0 Å². The molecule has 0 aromatic carbocycles. The highest BCUT2D eigenvalue weighted by molar-refractivity contribution is 5.84. The molecule has 0 spiro atoms. The highest BCUT2D eigenvalue weighted by Gasteiger charge is 2.27. The van der Waals surface area contributed by atoms with Crippen LogP contribution in [0.15, 0.2) is 48.6 Å². The first-order valence-electron chi connectivity index (χ1n) is 20.8. The van der Waals surface area contributed by atoms with Crippen LogP contribution in [0.3, 0.4) is 0 Å². The molecule has 272 valence electrons. The van der Waals surface area contributed by atoms with Gasteiger partial charge in [0.25, 0.3) is 0 Å². The molecule has 0 aromatic rings. The molecule has 3 heteroatoms. The summed E-state index contributed by atoms with van der Waals surface area (Å²) in [5.41, 5.74) is 6.04. The Balaban J connectivity index is 2.14. The van der Waals surface area contributed by atoms with Gasteiger partial charge < -0.3 is 11.1 Å². The molecule has 0 radical (unpaired) electrons. The zero-order valence-corrected chi connectivity index (χ0v) is 31.5. The van der Waals surface area contributed by atoms with Gasteiger partial charge in [0.1, 0.15) is 5.78 Å². The van der Waals surface area contributed by atoms with E-state index in [1.807, 2.05) is 0 Å². The van der Waals surface area contributed by atoms with Gasteiger partial charge in [0.15, 0.2) is 0 Å². The predicted molar refractivity (Wildman–Crippen MR) is 210 cm³/mol. The number of Topliss-reactive ketones (excluding diaryl/α,β-unsaturated/α-hetero) is 1. The van der Waals surface area contributed by atoms with Crippen LogP contribution in [0, 0.1) is 5.92 Å². The van der Waals surface area contributed by atoms with Crippen molar-refractivity contribution in [2.75, 3.05) is 6.54 Å². The van der Waals surface area contributed by atoms with E-state index in [4.69, 9.17) is 5.73 Å². The fraction of sp³-hybridized carbons (Fsp3) is 0.795. The second-order valence-corrected chi connectivity index (χ2v) is 14.6. The van der Waals surface area contributed by atoms with Gasteiger partial charge in [-0.05, 0) is 83.0 Å². The van der Waals surface area contributed by atoms with Crippen molar-refractivity contribution in [2.45, 2.75) is 212 Å². The molecular weight excluding hydrogens is 572 g/mol. The lowest BCUT2D eigenvalue weighted by Crippen LogP contribution is -2.30. The number of carbonyl (C=O) groups is 1. The molecule has 0 unspecified atom stereocenters. The van der Waals surface area contributed by atoms with Crippen LogP contribution in [0.2, 0.25) is 0 Å². The molecule has 1 saturated heterocycles. The fourth-order valence-corrected chi connectivity index (χ4v) is 6.80. The van der Waals surface area contributed by atoms with Crippen molar-refractivity contribution >= 4 is 5.78 Å². The second kappa shape index (κ2) is 34.4. The fourth-order valence-electron chi connectivity index (χ4n) is 6.80. The summed E-state index contributed by atoms with van der Waals surface area (Å²) >= 11 is 0. The molecule has 1 heterocycles. The monoisotopic (exact) mass is 653 g/mol. The quantitative estimate of drug-likeness (QED) is 0.0537. The van der Waals surface area contributed by atoms with Gasteiger partial charge in [-0.3, -0.25) is 4.79 Å². The Morgan fingerprint density at radius 3 is 1.38 bits per heavy atom. The van der Waals surface area contributed by atoms with Crippen LogP contribution in [-0.2, 0) is 4.79 Å². The Hall–Kier alpha value is -1.45. The van der Waals surface area contributed by atoms with Gasteiger partial charge in [-0.2, -0.15) is 0 Å². The van der Waals surface area contributed by atoms with Crippen LogP contribution in [0.4, 0.5) is 0 Å². The first-order valence-corrected chi connectivity index (χ1v) is 20.8. The third-order valence-electron chi connectivity index (χ3n) is 9.98. The highest BCUT2D eigenvalue weighted by Crippen LogP contribution is 2.24. The zero-order valence-electron chi connectivity index (χ0n) is 31.5. The molecule has 1 fully saturated rings. The lowest BCUT2D eigenvalue weighted by Gasteiger charge is -2.18. The Bertz CT molecular complexity index is 749. The van der Waals surface area contributed by atoms with Crippen molar-refractivity contribution in [3.8, 4) is 0 Å². The average Bonchev–Trinajstić information content (AvgIpc) is 3.52. The molecule has 0 saturated carbocycles. The molecule has 3 N–H and O–H groups in total. The van der Waals surface area contributed by atoms with E-state index < -0.39 is 0 Å². The number of hydrogen-bond donors (Lipinski definition) is 2. The summed E-state index contributed by atoms with van der Waals surface area (Å²) in [4.78, 5) is 12.8. The standard InChI is InChI=1S/C44H80N2O/c1-3-5-7-9-11-13-15-17-19-21-23-25-27-29-31-33-35-41(37-38-44(47)43-39-42(45)40-46-43)36-34-32-30-28-26-24-22-20-18-16-14-12-10-8-6-4-2/h11-14,17-20,41-43,46H,3-10,15-16,21-40,45H2,1-2H3/b13-11-,14-12-,19-17-,20-18-/t42-,43-/m0/s1. The maximum atomic E-state index is 12.8. The lowest BCUT2D eigenvalue weighted by molar-refractivity contribution is -0.121. The number of allylic oxidation sites excluding steroid dienone is 8. The molecule has 1 rings (SSSR count). The Morgan fingerprint density at radius 2 is 0.979 bits per heavy atom. The molecule has 0 amide bonds. The summed E-state index contributed by atoms with van der Waals surface area (Å²) in [6, 6.07) is 0.158. The minimum Gasteiger partial charge on any atom is -0.326 e. The number of rotatable bonds is 34. The summed E-state index contributed by atoms with van der Waals surface area (Å²) in [6.07, 6.45) is 55.4. The van der Waals surface area contributed by atoms with Crippen molar-refractivity contribution in [3.63, 3.8) is 0 Å². The molecule has 3 nitrogen and oxygen atoms in total. The van der Waals surface area contributed by atoms with Crippen LogP contribution < -0.4 is 11.1 Å². The first kappa shape index (κ1) is 43.6. The molecule has 47 heavy (non-hydrogen) atoms. The van der Waals surface area contributed by atoms with Crippen molar-refractivity contribution in [1.82, 2.24) is 5.32 Å². The number of nitrogens with two attached hydrogens (primary N) is 1. The van der Waals surface area contributed by atoms with Crippen molar-refractivity contribution < 1.29 is 4.79 Å². The van der Waals surface area contributed by atoms with E-state index in [9.17, 15) is 4.79 Å². The highest BCUT2D eigenvalue weighted by atomic mass is 16.1. The molecule has 1 aliphatic heterocycles. The number of nitrogens with one attached hydrogen (secondary N) is 1. The number of carbonyl (C=O) groups excluding carboxylic acids is 1. The third-order valence-corrected chi connectivity index (χ3v) is 9.98. The van der Waals surface area contributed by atoms with E-state index in [-0.39, 0.29) is 12.1 Å². The van der Waals surface area contributed by atoms with Gasteiger partial charge >= 0.3 is 0 Å². The van der Waals surface area contributed by atoms with Crippen LogP contribution in [0.1, 0.15) is 200 Å². The van der Waals surface area contributed by atoms with Gasteiger partial charge in [0.2, 0.25) is 0 Å². The second-order valence-electron chi connectivity index (χ2n) is 14.6. The number of hydrogen-bond acceptors (Lipinski definition) is 3. The number of ketones is 1. The summed E-state index contributed by atoms with van der Waals surface area (Å²) < 4.78 is 0. The number of unbranched alkanes of at least 4 members (excludes halogenated alkanes) is 18. The zero-order chi connectivity index (χ0) is 33.9. The maximum Gasteiger partial charge on any atom is 0.149 e. The average molecular weight is 653 g/mol. The van der Waals surface area contributed by atoms with Gasteiger partial charge in [0, 0.05) is 19.0 Å². The SMILES string of the molecule is CCCCC/C=C\C/C=C\CCCCCCCCC(CCCCCCCC/C=C\C/C=C\CCCCC)CCC(=O)[C@@H]1C[C@H](N)CN1. The summed E-state index contributed by atoms with van der Waals surface area (Å²) in [7, 11) is 0. The Morgan fingerprint density at radius 1 is 0.574 bits per heavy atom. The normalized spacial score (nSPS) is 17.2. The lowest BCUT2D eigenvalue weighted by atomic mass is 9.88. The summed E-state index contributed by atoms with van der Waals surface area (Å²) in [6.45, 7) is 5.32. The van der Waals surface area contributed by atoms with Crippen LogP contribution >= 0.6 is 0 Å². The van der Waals surface area contributed by atoms with Crippen LogP contribution in [0.25, 0.3) is 0 Å². The third kappa shape index (κ3) is 29.2.